The summed E-state index contributed by atoms with van der Waals surface area (Å²) in [5, 5.41) is 10.1. The molecular weight excluding hydrogens is 209 g/mol. The Balaban J connectivity index is 1.98. The first-order chi connectivity index (χ1) is 7.65. The molecule has 3 N–H and O–H groups in total. The van der Waals surface area contributed by atoms with Gasteiger partial charge in [-0.25, -0.2) is 4.39 Å². The van der Waals surface area contributed by atoms with Crippen LogP contribution in [0.1, 0.15) is 12.8 Å². The summed E-state index contributed by atoms with van der Waals surface area (Å²) in [5.74, 6) is -0.0584. The minimum Gasteiger partial charge on any atom is -0.487 e. The number of aliphatic hydroxyl groups is 1. The monoisotopic (exact) mass is 225 g/mol. The first-order valence-electron chi connectivity index (χ1n) is 5.45. The van der Waals surface area contributed by atoms with Crippen LogP contribution in [0, 0.1) is 11.7 Å². The minimum atomic E-state index is -1.01. The fraction of sp³-hybridized carbons (Fsp3) is 0.500. The summed E-state index contributed by atoms with van der Waals surface area (Å²) in [7, 11) is 0. The standard InChI is InChI=1S/C12H16FNO2/c13-10-3-1-2-4-11(10)16-8-12(15,7-14)9-5-6-9/h1-4,9,15H,5-8,14H2. The molecule has 1 aliphatic carbocycles. The molecule has 0 saturated heterocycles. The fourth-order valence-electron chi connectivity index (χ4n) is 1.73. The van der Waals surface area contributed by atoms with E-state index in [-0.39, 0.29) is 24.8 Å². The molecule has 4 heteroatoms. The summed E-state index contributed by atoms with van der Waals surface area (Å²) in [6.07, 6.45) is 1.93. The lowest BCUT2D eigenvalue weighted by molar-refractivity contribution is -0.0171. The topological polar surface area (TPSA) is 55.5 Å². The van der Waals surface area contributed by atoms with Crippen molar-refractivity contribution in [3.63, 3.8) is 0 Å². The Morgan fingerprint density at radius 3 is 2.69 bits per heavy atom. The average molecular weight is 225 g/mol. The van der Waals surface area contributed by atoms with Gasteiger partial charge < -0.3 is 15.6 Å². The van der Waals surface area contributed by atoms with Gasteiger partial charge in [0.05, 0.1) is 0 Å². The second-order valence-electron chi connectivity index (χ2n) is 4.30. The van der Waals surface area contributed by atoms with E-state index in [0.717, 1.165) is 12.8 Å². The normalized spacial score (nSPS) is 19.2. The molecule has 0 bridgehead atoms. The molecule has 2 rings (SSSR count). The molecule has 3 nitrogen and oxygen atoms in total. The van der Waals surface area contributed by atoms with Crippen LogP contribution in [-0.4, -0.2) is 23.9 Å². The quantitative estimate of drug-likeness (QED) is 0.794. The van der Waals surface area contributed by atoms with E-state index in [4.69, 9.17) is 10.5 Å². The van der Waals surface area contributed by atoms with Crippen LogP contribution in [0.5, 0.6) is 5.75 Å². The number of ether oxygens (including phenoxy) is 1. The lowest BCUT2D eigenvalue weighted by Crippen LogP contribution is -2.45. The molecular formula is C12H16FNO2. The predicted molar refractivity (Wildman–Crippen MR) is 58.6 cm³/mol. The van der Waals surface area contributed by atoms with Crippen molar-refractivity contribution in [1.29, 1.82) is 0 Å². The maximum Gasteiger partial charge on any atom is 0.165 e. The molecule has 0 radical (unpaired) electrons. The number of rotatable bonds is 5. The van der Waals surface area contributed by atoms with E-state index in [1.54, 1.807) is 18.2 Å². The molecule has 1 unspecified atom stereocenters. The Morgan fingerprint density at radius 2 is 2.12 bits per heavy atom. The fourth-order valence-corrected chi connectivity index (χ4v) is 1.73. The average Bonchev–Trinajstić information content (AvgIpc) is 3.12. The van der Waals surface area contributed by atoms with E-state index in [1.807, 2.05) is 0 Å². The van der Waals surface area contributed by atoms with Crippen molar-refractivity contribution in [1.82, 2.24) is 0 Å². The van der Waals surface area contributed by atoms with Gasteiger partial charge in [0.1, 0.15) is 12.2 Å². The second kappa shape index (κ2) is 4.39. The second-order valence-corrected chi connectivity index (χ2v) is 4.30. The van der Waals surface area contributed by atoms with Crippen molar-refractivity contribution in [3.05, 3.63) is 30.1 Å². The van der Waals surface area contributed by atoms with E-state index in [1.165, 1.54) is 6.07 Å². The Bertz CT molecular complexity index is 368. The molecule has 0 aromatic heterocycles. The molecule has 1 saturated carbocycles. The molecule has 16 heavy (non-hydrogen) atoms. The van der Waals surface area contributed by atoms with E-state index in [9.17, 15) is 9.50 Å². The van der Waals surface area contributed by atoms with Crippen LogP contribution in [0.15, 0.2) is 24.3 Å². The van der Waals surface area contributed by atoms with Gasteiger partial charge in [-0.2, -0.15) is 0 Å². The number of nitrogens with two attached hydrogens (primary N) is 1. The van der Waals surface area contributed by atoms with Gasteiger partial charge in [-0.15, -0.1) is 0 Å². The highest BCUT2D eigenvalue weighted by Crippen LogP contribution is 2.39. The smallest absolute Gasteiger partial charge is 0.165 e. The predicted octanol–water partition coefficient (Wildman–Crippen LogP) is 1.30. The van der Waals surface area contributed by atoms with Gasteiger partial charge in [0.25, 0.3) is 0 Å². The molecule has 1 aromatic rings. The molecule has 1 aliphatic rings. The number of hydrogen-bond acceptors (Lipinski definition) is 3. The van der Waals surface area contributed by atoms with Crippen molar-refractivity contribution in [2.45, 2.75) is 18.4 Å². The summed E-state index contributed by atoms with van der Waals surface area (Å²) in [5.41, 5.74) is 4.51. The Hall–Kier alpha value is -1.13. The highest BCUT2D eigenvalue weighted by molar-refractivity contribution is 5.23. The van der Waals surface area contributed by atoms with Crippen molar-refractivity contribution in [3.8, 4) is 5.75 Å². The van der Waals surface area contributed by atoms with Crippen LogP contribution >= 0.6 is 0 Å². The van der Waals surface area contributed by atoms with Gasteiger partial charge in [0.15, 0.2) is 11.6 Å². The Morgan fingerprint density at radius 1 is 1.44 bits per heavy atom. The summed E-state index contributed by atoms with van der Waals surface area (Å²) in [6.45, 7) is 0.196. The molecule has 0 aliphatic heterocycles. The maximum absolute atomic E-state index is 13.2. The SMILES string of the molecule is NCC(O)(COc1ccccc1F)C1CC1. The van der Waals surface area contributed by atoms with E-state index < -0.39 is 11.4 Å². The van der Waals surface area contributed by atoms with E-state index >= 15 is 0 Å². The summed E-state index contributed by atoms with van der Waals surface area (Å²) < 4.78 is 18.5. The van der Waals surface area contributed by atoms with Crippen LogP contribution < -0.4 is 10.5 Å². The Kier molecular flexibility index (Phi) is 3.12. The molecule has 1 fully saturated rings. The van der Waals surface area contributed by atoms with Crippen LogP contribution in [0.3, 0.4) is 0 Å². The van der Waals surface area contributed by atoms with Crippen LogP contribution in [0.2, 0.25) is 0 Å². The zero-order valence-corrected chi connectivity index (χ0v) is 9.03. The minimum absolute atomic E-state index is 0.0507. The third-order valence-electron chi connectivity index (χ3n) is 3.01. The van der Waals surface area contributed by atoms with Gasteiger partial charge in [-0.05, 0) is 30.9 Å². The molecule has 88 valence electrons. The maximum atomic E-state index is 13.2. The number of hydrogen-bond donors (Lipinski definition) is 2. The van der Waals surface area contributed by atoms with Gasteiger partial charge in [0.2, 0.25) is 0 Å². The summed E-state index contributed by atoms with van der Waals surface area (Å²) >= 11 is 0. The van der Waals surface area contributed by atoms with Crippen molar-refractivity contribution in [2.75, 3.05) is 13.2 Å². The number of halogens is 1. The van der Waals surface area contributed by atoms with Gasteiger partial charge in [0, 0.05) is 6.54 Å². The summed E-state index contributed by atoms with van der Waals surface area (Å²) in [6, 6.07) is 6.16. The zero-order chi connectivity index (χ0) is 11.6. The first-order valence-corrected chi connectivity index (χ1v) is 5.45. The molecule has 0 heterocycles. The third kappa shape index (κ3) is 2.33. The molecule has 1 atom stereocenters. The van der Waals surface area contributed by atoms with E-state index in [0.29, 0.717) is 0 Å². The lowest BCUT2D eigenvalue weighted by atomic mass is 9.99. The Labute approximate surface area is 94.0 Å². The highest BCUT2D eigenvalue weighted by Gasteiger charge is 2.43. The van der Waals surface area contributed by atoms with Crippen molar-refractivity contribution < 1.29 is 14.2 Å². The van der Waals surface area contributed by atoms with Crippen LogP contribution in [-0.2, 0) is 0 Å². The number of para-hydroxylation sites is 1. The highest BCUT2D eigenvalue weighted by atomic mass is 19.1. The first kappa shape index (κ1) is 11.4. The van der Waals surface area contributed by atoms with Crippen LogP contribution in [0.4, 0.5) is 4.39 Å². The lowest BCUT2D eigenvalue weighted by Gasteiger charge is -2.26. The van der Waals surface area contributed by atoms with Crippen LogP contribution in [0.25, 0.3) is 0 Å². The van der Waals surface area contributed by atoms with Crippen molar-refractivity contribution in [2.24, 2.45) is 11.7 Å². The molecule has 1 aromatic carbocycles. The van der Waals surface area contributed by atoms with Gasteiger partial charge in [-0.1, -0.05) is 12.1 Å². The largest absolute Gasteiger partial charge is 0.487 e. The van der Waals surface area contributed by atoms with Gasteiger partial charge in [-0.3, -0.25) is 0 Å². The van der Waals surface area contributed by atoms with E-state index in [2.05, 4.69) is 0 Å². The van der Waals surface area contributed by atoms with Gasteiger partial charge >= 0.3 is 0 Å². The third-order valence-corrected chi connectivity index (χ3v) is 3.01. The zero-order valence-electron chi connectivity index (χ0n) is 9.03. The number of benzene rings is 1. The summed E-state index contributed by atoms with van der Waals surface area (Å²) in [4.78, 5) is 0. The molecule has 0 spiro atoms. The molecule has 0 amide bonds. The van der Waals surface area contributed by atoms with Crippen molar-refractivity contribution >= 4 is 0 Å².